The molecule has 7 heteroatoms. The van der Waals surface area contributed by atoms with Crippen molar-refractivity contribution >= 4 is 37.6 Å². The van der Waals surface area contributed by atoms with Crippen LogP contribution in [0.4, 0.5) is 0 Å². The Labute approximate surface area is 133 Å². The molecule has 1 aliphatic carbocycles. The minimum absolute atomic E-state index is 0.0761. The van der Waals surface area contributed by atoms with Crippen LogP contribution in [0.5, 0.6) is 0 Å². The lowest BCUT2D eigenvalue weighted by molar-refractivity contribution is 0.173. The molecule has 1 aromatic carbocycles. The molecule has 112 valence electrons. The number of benzene rings is 1. The van der Waals surface area contributed by atoms with Gasteiger partial charge >= 0.3 is 0 Å². The molecule has 1 saturated carbocycles. The van der Waals surface area contributed by atoms with Crippen molar-refractivity contribution in [2.24, 2.45) is 5.41 Å². The number of ether oxygens (including phenoxy) is 1. The number of halogens is 2. The van der Waals surface area contributed by atoms with E-state index in [1.807, 2.05) is 0 Å². The van der Waals surface area contributed by atoms with Crippen molar-refractivity contribution in [3.63, 3.8) is 0 Å². The second-order valence-corrected chi connectivity index (χ2v) is 8.17. The van der Waals surface area contributed by atoms with Crippen molar-refractivity contribution < 1.29 is 13.2 Å². The number of nitrogens with one attached hydrogen (secondary N) is 1. The van der Waals surface area contributed by atoms with Crippen molar-refractivity contribution in [2.75, 3.05) is 20.3 Å². The Hall–Kier alpha value is -0.140. The van der Waals surface area contributed by atoms with Gasteiger partial charge in [-0.15, -0.1) is 0 Å². The first-order valence-electron chi connectivity index (χ1n) is 6.32. The molecule has 0 atom stereocenters. The van der Waals surface area contributed by atoms with Gasteiger partial charge in [0, 0.05) is 24.7 Å². The molecule has 0 aliphatic heterocycles. The smallest absolute Gasteiger partial charge is 0.240 e. The first-order valence-corrected chi connectivity index (χ1v) is 8.98. The van der Waals surface area contributed by atoms with E-state index in [4.69, 9.17) is 16.3 Å². The molecule has 0 aromatic heterocycles. The number of hydrogen-bond donors (Lipinski definition) is 1. The minimum atomic E-state index is -3.50. The standard InChI is InChI=1S/C13H17BrClNO3S/c1-19-7-6-13(4-5-13)9-16-20(17,18)10-2-3-12(15)11(14)8-10/h2-3,8,16H,4-7,9H2,1H3. The third-order valence-corrected chi connectivity index (χ3v) is 6.25. The molecule has 0 unspecified atom stereocenters. The van der Waals surface area contributed by atoms with Gasteiger partial charge in [0.2, 0.25) is 10.0 Å². The lowest BCUT2D eigenvalue weighted by atomic mass is 10.0. The molecule has 1 fully saturated rings. The van der Waals surface area contributed by atoms with E-state index in [2.05, 4.69) is 20.7 Å². The number of hydrogen-bond acceptors (Lipinski definition) is 3. The van der Waals surface area contributed by atoms with Gasteiger partial charge in [-0.25, -0.2) is 13.1 Å². The van der Waals surface area contributed by atoms with Gasteiger partial charge in [-0.1, -0.05) is 11.6 Å². The Bertz CT molecular complexity index is 587. The predicted octanol–water partition coefficient (Wildman–Crippen LogP) is 3.20. The second kappa shape index (κ2) is 6.32. The van der Waals surface area contributed by atoms with Gasteiger partial charge < -0.3 is 4.74 Å². The Morgan fingerprint density at radius 3 is 2.70 bits per heavy atom. The van der Waals surface area contributed by atoms with Gasteiger partial charge in [-0.05, 0) is 58.8 Å². The predicted molar refractivity (Wildman–Crippen MR) is 82.5 cm³/mol. The number of methoxy groups -OCH3 is 1. The van der Waals surface area contributed by atoms with Gasteiger partial charge in [0.15, 0.2) is 0 Å². The molecule has 0 spiro atoms. The molecule has 1 aliphatic rings. The van der Waals surface area contributed by atoms with Gasteiger partial charge in [0.1, 0.15) is 0 Å². The zero-order valence-corrected chi connectivity index (χ0v) is 14.3. The van der Waals surface area contributed by atoms with Crippen LogP contribution in [0.1, 0.15) is 19.3 Å². The van der Waals surface area contributed by atoms with E-state index >= 15 is 0 Å². The van der Waals surface area contributed by atoms with Crippen LogP contribution in [0.15, 0.2) is 27.6 Å². The SMILES string of the molecule is COCCC1(CNS(=O)(=O)c2ccc(Cl)c(Br)c2)CC1. The quantitative estimate of drug-likeness (QED) is 0.788. The molecule has 1 N–H and O–H groups in total. The molecular weight excluding hydrogens is 366 g/mol. The van der Waals surface area contributed by atoms with Crippen molar-refractivity contribution in [2.45, 2.75) is 24.2 Å². The highest BCUT2D eigenvalue weighted by molar-refractivity contribution is 9.10. The normalized spacial score (nSPS) is 17.1. The van der Waals surface area contributed by atoms with Crippen LogP contribution in [0.3, 0.4) is 0 Å². The van der Waals surface area contributed by atoms with E-state index in [1.165, 1.54) is 12.1 Å². The van der Waals surface area contributed by atoms with E-state index in [1.54, 1.807) is 13.2 Å². The van der Waals surface area contributed by atoms with E-state index in [0.29, 0.717) is 22.6 Å². The largest absolute Gasteiger partial charge is 0.385 e. The van der Waals surface area contributed by atoms with Crippen molar-refractivity contribution in [1.29, 1.82) is 0 Å². The highest BCUT2D eigenvalue weighted by Gasteiger charge is 2.42. The maximum absolute atomic E-state index is 12.2. The van der Waals surface area contributed by atoms with E-state index in [0.717, 1.165) is 19.3 Å². The summed E-state index contributed by atoms with van der Waals surface area (Å²) in [5.41, 5.74) is 0.0761. The summed E-state index contributed by atoms with van der Waals surface area (Å²) in [5, 5.41) is 0.489. The Kier molecular flexibility index (Phi) is 5.13. The monoisotopic (exact) mass is 381 g/mol. The molecule has 1 aromatic rings. The zero-order chi connectivity index (χ0) is 14.8. The Balaban J connectivity index is 2.02. The first kappa shape index (κ1) is 16.2. The summed E-state index contributed by atoms with van der Waals surface area (Å²) >= 11 is 9.11. The third kappa shape index (κ3) is 3.95. The van der Waals surface area contributed by atoms with Gasteiger partial charge in [-0.2, -0.15) is 0 Å². The fourth-order valence-corrected chi connectivity index (χ4v) is 3.82. The minimum Gasteiger partial charge on any atom is -0.385 e. The Morgan fingerprint density at radius 1 is 1.45 bits per heavy atom. The van der Waals surface area contributed by atoms with Gasteiger partial charge in [-0.3, -0.25) is 0 Å². The molecule has 2 rings (SSSR count). The van der Waals surface area contributed by atoms with Crippen LogP contribution in [0, 0.1) is 5.41 Å². The third-order valence-electron chi connectivity index (χ3n) is 3.63. The molecule has 4 nitrogen and oxygen atoms in total. The maximum atomic E-state index is 12.2. The van der Waals surface area contributed by atoms with E-state index in [9.17, 15) is 8.42 Å². The average molecular weight is 383 g/mol. The van der Waals surface area contributed by atoms with Crippen LogP contribution in [-0.2, 0) is 14.8 Å². The second-order valence-electron chi connectivity index (χ2n) is 5.14. The summed E-state index contributed by atoms with van der Waals surface area (Å²) < 4.78 is 32.8. The summed E-state index contributed by atoms with van der Waals surface area (Å²) in [6.07, 6.45) is 2.97. The fraction of sp³-hybridized carbons (Fsp3) is 0.538. The average Bonchev–Trinajstić information content (AvgIpc) is 3.18. The molecule has 0 bridgehead atoms. The zero-order valence-electron chi connectivity index (χ0n) is 11.2. The van der Waals surface area contributed by atoms with Crippen molar-refractivity contribution in [1.82, 2.24) is 4.72 Å². The first-order chi connectivity index (χ1) is 9.38. The van der Waals surface area contributed by atoms with Crippen molar-refractivity contribution in [3.8, 4) is 0 Å². The summed E-state index contributed by atoms with van der Waals surface area (Å²) in [6.45, 7) is 1.12. The van der Waals surface area contributed by atoms with Crippen LogP contribution < -0.4 is 4.72 Å². The number of sulfonamides is 1. The van der Waals surface area contributed by atoms with Crippen LogP contribution >= 0.6 is 27.5 Å². The van der Waals surface area contributed by atoms with E-state index in [-0.39, 0.29) is 10.3 Å². The van der Waals surface area contributed by atoms with Crippen molar-refractivity contribution in [3.05, 3.63) is 27.7 Å². The topological polar surface area (TPSA) is 55.4 Å². The molecule has 0 heterocycles. The molecule has 20 heavy (non-hydrogen) atoms. The lowest BCUT2D eigenvalue weighted by Crippen LogP contribution is -2.30. The fourth-order valence-electron chi connectivity index (χ4n) is 1.99. The Morgan fingerprint density at radius 2 is 2.15 bits per heavy atom. The molecule has 0 amide bonds. The lowest BCUT2D eigenvalue weighted by Gasteiger charge is -2.15. The summed E-state index contributed by atoms with van der Waals surface area (Å²) in [7, 11) is -1.84. The highest BCUT2D eigenvalue weighted by atomic mass is 79.9. The molecule has 0 saturated heterocycles. The van der Waals surface area contributed by atoms with Crippen LogP contribution in [0.25, 0.3) is 0 Å². The number of rotatable bonds is 7. The molecular formula is C13H17BrClNO3S. The summed E-state index contributed by atoms with van der Waals surface area (Å²) in [5.74, 6) is 0. The van der Waals surface area contributed by atoms with Gasteiger partial charge in [0.25, 0.3) is 0 Å². The highest BCUT2D eigenvalue weighted by Crippen LogP contribution is 2.48. The van der Waals surface area contributed by atoms with E-state index < -0.39 is 10.0 Å². The summed E-state index contributed by atoms with van der Waals surface area (Å²) in [4.78, 5) is 0.219. The van der Waals surface area contributed by atoms with Crippen LogP contribution in [0.2, 0.25) is 5.02 Å². The maximum Gasteiger partial charge on any atom is 0.240 e. The van der Waals surface area contributed by atoms with Gasteiger partial charge in [0.05, 0.1) is 9.92 Å². The van der Waals surface area contributed by atoms with Crippen LogP contribution in [-0.4, -0.2) is 28.7 Å². The molecule has 0 radical (unpaired) electrons. The summed E-state index contributed by atoms with van der Waals surface area (Å²) in [6, 6.07) is 4.58.